The van der Waals surface area contributed by atoms with Crippen LogP contribution in [0.3, 0.4) is 0 Å². The SMILES string of the molecule is CC1(C)CC(=O)c2sc3nc(-c4ccccc4Cl)nn3c2C1. The van der Waals surface area contributed by atoms with E-state index in [4.69, 9.17) is 11.6 Å². The van der Waals surface area contributed by atoms with E-state index in [1.165, 1.54) is 11.3 Å². The number of thiazole rings is 1. The van der Waals surface area contributed by atoms with Gasteiger partial charge in [0.2, 0.25) is 4.96 Å². The second-order valence-corrected chi connectivity index (χ2v) is 7.81. The highest BCUT2D eigenvalue weighted by Gasteiger charge is 2.35. The minimum atomic E-state index is -0.0331. The summed E-state index contributed by atoms with van der Waals surface area (Å²) in [6, 6.07) is 7.53. The fraction of sp³-hybridized carbons (Fsp3) is 0.312. The van der Waals surface area contributed by atoms with Gasteiger partial charge in [0.1, 0.15) is 0 Å². The predicted octanol–water partition coefficient (Wildman–Crippen LogP) is 4.27. The zero-order valence-electron chi connectivity index (χ0n) is 12.3. The zero-order chi connectivity index (χ0) is 15.5. The number of carbonyl (C=O) groups excluding carboxylic acids is 1. The molecule has 0 radical (unpaired) electrons. The van der Waals surface area contributed by atoms with Gasteiger partial charge in [0.05, 0.1) is 15.6 Å². The van der Waals surface area contributed by atoms with Crippen molar-refractivity contribution in [1.82, 2.24) is 14.6 Å². The third kappa shape index (κ3) is 2.08. The summed E-state index contributed by atoms with van der Waals surface area (Å²) < 4.78 is 1.82. The van der Waals surface area contributed by atoms with Crippen LogP contribution in [0, 0.1) is 5.41 Å². The van der Waals surface area contributed by atoms with Crippen LogP contribution in [0.5, 0.6) is 0 Å². The summed E-state index contributed by atoms with van der Waals surface area (Å²) in [6.07, 6.45) is 1.42. The van der Waals surface area contributed by atoms with Crippen molar-refractivity contribution in [2.75, 3.05) is 0 Å². The summed E-state index contributed by atoms with van der Waals surface area (Å²) in [5.41, 5.74) is 1.76. The van der Waals surface area contributed by atoms with E-state index in [-0.39, 0.29) is 11.2 Å². The molecule has 2 heterocycles. The fourth-order valence-electron chi connectivity index (χ4n) is 2.95. The summed E-state index contributed by atoms with van der Waals surface area (Å²) in [5.74, 6) is 0.804. The second-order valence-electron chi connectivity index (χ2n) is 6.43. The number of halogens is 1. The molecule has 0 N–H and O–H groups in total. The highest BCUT2D eigenvalue weighted by molar-refractivity contribution is 7.19. The van der Waals surface area contributed by atoms with E-state index >= 15 is 0 Å². The van der Waals surface area contributed by atoms with Gasteiger partial charge < -0.3 is 0 Å². The van der Waals surface area contributed by atoms with Crippen molar-refractivity contribution in [3.8, 4) is 11.4 Å². The molecule has 0 saturated heterocycles. The van der Waals surface area contributed by atoms with E-state index in [9.17, 15) is 4.79 Å². The molecule has 0 amide bonds. The van der Waals surface area contributed by atoms with E-state index < -0.39 is 0 Å². The predicted molar refractivity (Wildman–Crippen MR) is 87.7 cm³/mol. The van der Waals surface area contributed by atoms with Crippen LogP contribution in [-0.4, -0.2) is 20.4 Å². The molecule has 1 aromatic carbocycles. The maximum absolute atomic E-state index is 12.3. The first-order chi connectivity index (χ1) is 10.4. The van der Waals surface area contributed by atoms with Crippen molar-refractivity contribution in [3.05, 3.63) is 39.9 Å². The Morgan fingerprint density at radius 2 is 2.05 bits per heavy atom. The standard InChI is InChI=1S/C16H14ClN3OS/c1-16(2)7-11-13(12(21)8-16)22-15-18-14(19-20(11)15)9-5-3-4-6-10(9)17/h3-6H,7-8H2,1-2H3. The van der Waals surface area contributed by atoms with Gasteiger partial charge in [0.25, 0.3) is 0 Å². The van der Waals surface area contributed by atoms with Gasteiger partial charge in [-0.25, -0.2) is 4.52 Å². The number of Topliss-reactive ketones (excluding diaryl/α,β-unsaturated/α-hetero) is 1. The van der Waals surface area contributed by atoms with E-state index in [0.29, 0.717) is 17.3 Å². The summed E-state index contributed by atoms with van der Waals surface area (Å²) in [7, 11) is 0. The van der Waals surface area contributed by atoms with E-state index in [1.54, 1.807) is 0 Å². The van der Waals surface area contributed by atoms with Gasteiger partial charge in [-0.3, -0.25) is 4.79 Å². The minimum absolute atomic E-state index is 0.0331. The number of ketones is 1. The van der Waals surface area contributed by atoms with Gasteiger partial charge in [-0.2, -0.15) is 4.98 Å². The van der Waals surface area contributed by atoms with Crippen LogP contribution in [0.1, 0.15) is 35.6 Å². The average Bonchev–Trinajstić information content (AvgIpc) is 2.97. The third-order valence-electron chi connectivity index (χ3n) is 3.94. The number of hydrogen-bond donors (Lipinski definition) is 0. The van der Waals surface area contributed by atoms with Crippen molar-refractivity contribution in [2.45, 2.75) is 26.7 Å². The molecule has 1 aliphatic rings. The molecule has 1 aliphatic carbocycles. The molecule has 22 heavy (non-hydrogen) atoms. The van der Waals surface area contributed by atoms with Gasteiger partial charge in [0.15, 0.2) is 11.6 Å². The van der Waals surface area contributed by atoms with Gasteiger partial charge in [0, 0.05) is 12.0 Å². The largest absolute Gasteiger partial charge is 0.293 e. The summed E-state index contributed by atoms with van der Waals surface area (Å²) in [4.78, 5) is 18.4. The lowest BCUT2D eigenvalue weighted by atomic mass is 9.78. The molecule has 0 spiro atoms. The Labute approximate surface area is 136 Å². The first-order valence-corrected chi connectivity index (χ1v) is 8.31. The van der Waals surface area contributed by atoms with Crippen molar-refractivity contribution in [3.63, 3.8) is 0 Å². The van der Waals surface area contributed by atoms with E-state index in [1.807, 2.05) is 28.8 Å². The first-order valence-electron chi connectivity index (χ1n) is 7.11. The van der Waals surface area contributed by atoms with Gasteiger partial charge in [-0.05, 0) is 24.0 Å². The first kappa shape index (κ1) is 13.9. The second kappa shape index (κ2) is 4.64. The number of fused-ring (bicyclic) bond motifs is 3. The maximum Gasteiger partial charge on any atom is 0.213 e. The molecule has 3 aromatic rings. The summed E-state index contributed by atoms with van der Waals surface area (Å²) in [5, 5.41) is 5.23. The van der Waals surface area contributed by atoms with Crippen LogP contribution >= 0.6 is 22.9 Å². The highest BCUT2D eigenvalue weighted by atomic mass is 35.5. The molecule has 112 valence electrons. The highest BCUT2D eigenvalue weighted by Crippen LogP contribution is 2.39. The van der Waals surface area contributed by atoms with E-state index in [0.717, 1.165) is 27.5 Å². The smallest absolute Gasteiger partial charge is 0.213 e. The van der Waals surface area contributed by atoms with Crippen LogP contribution < -0.4 is 0 Å². The Kier molecular flexibility index (Phi) is 2.93. The lowest BCUT2D eigenvalue weighted by molar-refractivity contribution is 0.0915. The molecule has 6 heteroatoms. The molecular weight excluding hydrogens is 318 g/mol. The van der Waals surface area contributed by atoms with Crippen molar-refractivity contribution < 1.29 is 4.79 Å². The number of hydrogen-bond acceptors (Lipinski definition) is 4. The molecule has 4 rings (SSSR count). The number of rotatable bonds is 1. The quantitative estimate of drug-likeness (QED) is 0.669. The molecular formula is C16H14ClN3OS. The number of benzene rings is 1. The summed E-state index contributed by atoms with van der Waals surface area (Å²) >= 11 is 7.65. The molecule has 0 saturated carbocycles. The summed E-state index contributed by atoms with van der Waals surface area (Å²) in [6.45, 7) is 4.23. The van der Waals surface area contributed by atoms with E-state index in [2.05, 4.69) is 23.9 Å². The lowest BCUT2D eigenvalue weighted by Crippen LogP contribution is -2.27. The Morgan fingerprint density at radius 1 is 1.27 bits per heavy atom. The Hall–Kier alpha value is -1.72. The number of carbonyl (C=O) groups is 1. The minimum Gasteiger partial charge on any atom is -0.293 e. The maximum atomic E-state index is 12.3. The Bertz CT molecular complexity index is 909. The Balaban J connectivity index is 1.90. The molecule has 0 unspecified atom stereocenters. The lowest BCUT2D eigenvalue weighted by Gasteiger charge is -2.27. The van der Waals surface area contributed by atoms with Crippen molar-refractivity contribution >= 4 is 33.7 Å². The third-order valence-corrected chi connectivity index (χ3v) is 5.39. The van der Waals surface area contributed by atoms with Crippen LogP contribution in [-0.2, 0) is 6.42 Å². The number of nitrogens with zero attached hydrogens (tertiary/aromatic N) is 3. The topological polar surface area (TPSA) is 47.3 Å². The molecule has 4 nitrogen and oxygen atoms in total. The van der Waals surface area contributed by atoms with Gasteiger partial charge >= 0.3 is 0 Å². The molecule has 0 bridgehead atoms. The molecule has 0 atom stereocenters. The van der Waals surface area contributed by atoms with Crippen LogP contribution in [0.25, 0.3) is 16.3 Å². The van der Waals surface area contributed by atoms with Crippen molar-refractivity contribution in [1.29, 1.82) is 0 Å². The molecule has 0 aliphatic heterocycles. The van der Waals surface area contributed by atoms with Crippen LogP contribution in [0.2, 0.25) is 5.02 Å². The zero-order valence-corrected chi connectivity index (χ0v) is 13.8. The number of aromatic nitrogens is 3. The monoisotopic (exact) mass is 331 g/mol. The molecule has 0 fully saturated rings. The Morgan fingerprint density at radius 3 is 2.82 bits per heavy atom. The van der Waals surface area contributed by atoms with Gasteiger partial charge in [-0.15, -0.1) is 5.10 Å². The van der Waals surface area contributed by atoms with Crippen LogP contribution in [0.15, 0.2) is 24.3 Å². The van der Waals surface area contributed by atoms with Crippen LogP contribution in [0.4, 0.5) is 0 Å². The average molecular weight is 332 g/mol. The van der Waals surface area contributed by atoms with Crippen molar-refractivity contribution in [2.24, 2.45) is 5.41 Å². The fourth-order valence-corrected chi connectivity index (χ4v) is 4.18. The van der Waals surface area contributed by atoms with Gasteiger partial charge in [-0.1, -0.05) is 48.9 Å². The molecule has 2 aromatic heterocycles. The normalized spacial score (nSPS) is 17.0.